The molecule has 0 aromatic carbocycles. The van der Waals surface area contributed by atoms with Gasteiger partial charge in [0.1, 0.15) is 12.3 Å². The van der Waals surface area contributed by atoms with Crippen LogP contribution in [0, 0.1) is 0 Å². The van der Waals surface area contributed by atoms with Crippen molar-refractivity contribution in [3.8, 4) is 0 Å². The van der Waals surface area contributed by atoms with Crippen molar-refractivity contribution >= 4 is 6.09 Å². The van der Waals surface area contributed by atoms with Crippen LogP contribution in [0.2, 0.25) is 0 Å². The molecule has 1 fully saturated rings. The maximum Gasteiger partial charge on any atom is 0.404 e. The molecule has 11 heavy (non-hydrogen) atoms. The Morgan fingerprint density at radius 3 is 2.18 bits per heavy atom. The number of alkyl halides is 2. The van der Waals surface area contributed by atoms with Crippen molar-refractivity contribution in [2.24, 2.45) is 0 Å². The number of nitrogens with one attached hydrogen (secondary N) is 1. The fourth-order valence-electron chi connectivity index (χ4n) is 1.23. The Morgan fingerprint density at radius 2 is 1.82 bits per heavy atom. The van der Waals surface area contributed by atoms with Crippen LogP contribution in [-0.4, -0.2) is 29.6 Å². The van der Waals surface area contributed by atoms with E-state index in [1.54, 1.807) is 0 Å². The Balaban J connectivity index is 2.35. The number of hydrogen-bond donors (Lipinski definition) is 2. The third kappa shape index (κ3) is 2.03. The number of rotatable bonds is 1. The second-order valence-corrected chi connectivity index (χ2v) is 2.65. The van der Waals surface area contributed by atoms with Crippen LogP contribution in [0.3, 0.4) is 0 Å². The van der Waals surface area contributed by atoms with Gasteiger partial charge in [0, 0.05) is 18.9 Å². The van der Waals surface area contributed by atoms with Crippen molar-refractivity contribution in [2.45, 2.75) is 31.2 Å². The summed E-state index contributed by atoms with van der Waals surface area (Å²) in [6.07, 6.45) is -4.34. The summed E-state index contributed by atoms with van der Waals surface area (Å²) < 4.78 is 24.8. The van der Waals surface area contributed by atoms with Gasteiger partial charge in [0.05, 0.1) is 0 Å². The number of amides is 1. The monoisotopic (exact) mass is 165 g/mol. The number of carboxylic acid groups (broad SMARTS) is 1. The van der Waals surface area contributed by atoms with Crippen LogP contribution in [-0.2, 0) is 0 Å². The van der Waals surface area contributed by atoms with Crippen LogP contribution in [0.5, 0.6) is 0 Å². The second kappa shape index (κ2) is 3.02. The van der Waals surface area contributed by atoms with E-state index in [1.165, 1.54) is 0 Å². The highest BCUT2D eigenvalue weighted by atomic mass is 19.2. The van der Waals surface area contributed by atoms with Crippen molar-refractivity contribution in [3.63, 3.8) is 0 Å². The normalized spacial score (nSPS) is 37.1. The number of carbonyl (C=O) groups is 1. The SMILES string of the molecule is O=C(O)NC1C[C@@H](F)[C@@H](F)C1. The summed E-state index contributed by atoms with van der Waals surface area (Å²) in [6, 6.07) is -0.558. The first-order valence-corrected chi connectivity index (χ1v) is 3.37. The zero-order valence-electron chi connectivity index (χ0n) is 5.76. The Morgan fingerprint density at radius 1 is 1.36 bits per heavy atom. The van der Waals surface area contributed by atoms with Gasteiger partial charge in [0.15, 0.2) is 0 Å². The zero-order chi connectivity index (χ0) is 8.43. The molecule has 1 unspecified atom stereocenters. The van der Waals surface area contributed by atoms with Gasteiger partial charge < -0.3 is 10.4 Å². The minimum atomic E-state index is -1.51. The van der Waals surface area contributed by atoms with E-state index in [1.807, 2.05) is 5.32 Å². The second-order valence-electron chi connectivity index (χ2n) is 2.65. The Labute approximate surface area is 62.4 Å². The van der Waals surface area contributed by atoms with Gasteiger partial charge in [-0.05, 0) is 0 Å². The summed E-state index contributed by atoms with van der Waals surface area (Å²) in [5.41, 5.74) is 0. The highest BCUT2D eigenvalue weighted by Gasteiger charge is 2.35. The molecule has 1 saturated carbocycles. The molecule has 0 saturated heterocycles. The Kier molecular flexibility index (Phi) is 2.26. The predicted molar refractivity (Wildman–Crippen MR) is 34.0 cm³/mol. The van der Waals surface area contributed by atoms with Gasteiger partial charge in [-0.15, -0.1) is 0 Å². The third-order valence-corrected chi connectivity index (χ3v) is 1.74. The minimum absolute atomic E-state index is 0.0481. The lowest BCUT2D eigenvalue weighted by atomic mass is 10.2. The summed E-state index contributed by atoms with van der Waals surface area (Å²) in [4.78, 5) is 10.0. The lowest BCUT2D eigenvalue weighted by Crippen LogP contribution is -2.31. The summed E-state index contributed by atoms with van der Waals surface area (Å²) in [7, 11) is 0. The first kappa shape index (κ1) is 8.23. The molecule has 3 atom stereocenters. The standard InChI is InChI=1S/C6H9F2NO2/c7-4-1-3(2-5(4)8)9-6(10)11/h3-5,9H,1-2H2,(H,10,11)/t3?,4-,5+. The predicted octanol–water partition coefficient (Wildman–Crippen LogP) is 1.09. The van der Waals surface area contributed by atoms with Crippen LogP contribution < -0.4 is 5.32 Å². The van der Waals surface area contributed by atoms with Gasteiger partial charge in [-0.1, -0.05) is 0 Å². The van der Waals surface area contributed by atoms with Gasteiger partial charge >= 0.3 is 6.09 Å². The van der Waals surface area contributed by atoms with Crippen LogP contribution in [0.25, 0.3) is 0 Å². The topological polar surface area (TPSA) is 49.3 Å². The lowest BCUT2D eigenvalue weighted by molar-refractivity contribution is 0.189. The van der Waals surface area contributed by atoms with Crippen molar-refractivity contribution in [1.29, 1.82) is 0 Å². The van der Waals surface area contributed by atoms with Crippen molar-refractivity contribution < 1.29 is 18.7 Å². The van der Waals surface area contributed by atoms with E-state index in [0.717, 1.165) is 0 Å². The number of halogens is 2. The van der Waals surface area contributed by atoms with Crippen molar-refractivity contribution in [3.05, 3.63) is 0 Å². The van der Waals surface area contributed by atoms with E-state index in [4.69, 9.17) is 5.11 Å². The summed E-state index contributed by atoms with van der Waals surface area (Å²) in [6.45, 7) is 0. The fraction of sp³-hybridized carbons (Fsp3) is 0.833. The van der Waals surface area contributed by atoms with Gasteiger partial charge in [-0.3, -0.25) is 0 Å². The van der Waals surface area contributed by atoms with Crippen molar-refractivity contribution in [1.82, 2.24) is 5.32 Å². The van der Waals surface area contributed by atoms with E-state index in [-0.39, 0.29) is 12.8 Å². The molecule has 0 aromatic rings. The van der Waals surface area contributed by atoms with E-state index >= 15 is 0 Å². The first-order chi connectivity index (χ1) is 5.09. The summed E-state index contributed by atoms with van der Waals surface area (Å²) >= 11 is 0. The van der Waals surface area contributed by atoms with E-state index in [9.17, 15) is 13.6 Å². The van der Waals surface area contributed by atoms with E-state index in [0.29, 0.717) is 0 Å². The van der Waals surface area contributed by atoms with E-state index in [2.05, 4.69) is 0 Å². The molecule has 0 radical (unpaired) electrons. The van der Waals surface area contributed by atoms with Gasteiger partial charge in [0.25, 0.3) is 0 Å². The first-order valence-electron chi connectivity index (χ1n) is 3.37. The van der Waals surface area contributed by atoms with Crippen LogP contribution >= 0.6 is 0 Å². The maximum absolute atomic E-state index is 12.4. The molecule has 64 valence electrons. The molecule has 0 bridgehead atoms. The van der Waals surface area contributed by atoms with Crippen molar-refractivity contribution in [2.75, 3.05) is 0 Å². The molecule has 0 aromatic heterocycles. The average molecular weight is 165 g/mol. The molecule has 0 spiro atoms. The van der Waals surface area contributed by atoms with Gasteiger partial charge in [-0.25, -0.2) is 13.6 Å². The van der Waals surface area contributed by atoms with Gasteiger partial charge in [0.2, 0.25) is 0 Å². The van der Waals surface area contributed by atoms with Gasteiger partial charge in [-0.2, -0.15) is 0 Å². The highest BCUT2D eigenvalue weighted by molar-refractivity contribution is 5.64. The highest BCUT2D eigenvalue weighted by Crippen LogP contribution is 2.25. The zero-order valence-corrected chi connectivity index (χ0v) is 5.76. The van der Waals surface area contributed by atoms with E-state index < -0.39 is 24.5 Å². The maximum atomic E-state index is 12.4. The average Bonchev–Trinajstić information content (AvgIpc) is 2.10. The molecular weight excluding hydrogens is 156 g/mol. The summed E-state index contributed by atoms with van der Waals surface area (Å²) in [5.74, 6) is 0. The minimum Gasteiger partial charge on any atom is -0.465 e. The molecule has 1 aliphatic carbocycles. The smallest absolute Gasteiger partial charge is 0.404 e. The lowest BCUT2D eigenvalue weighted by Gasteiger charge is -2.06. The Hall–Kier alpha value is -0.870. The van der Waals surface area contributed by atoms with Crippen LogP contribution in [0.4, 0.5) is 13.6 Å². The molecular formula is C6H9F2NO2. The fourth-order valence-corrected chi connectivity index (χ4v) is 1.23. The third-order valence-electron chi connectivity index (χ3n) is 1.74. The molecule has 5 heteroatoms. The molecule has 1 rings (SSSR count). The molecule has 3 nitrogen and oxygen atoms in total. The Bertz CT molecular complexity index is 155. The van der Waals surface area contributed by atoms with Crippen LogP contribution in [0.15, 0.2) is 0 Å². The largest absolute Gasteiger partial charge is 0.465 e. The van der Waals surface area contributed by atoms with Crippen LogP contribution in [0.1, 0.15) is 12.8 Å². The summed E-state index contributed by atoms with van der Waals surface area (Å²) in [5, 5.41) is 10.2. The number of hydrogen-bond acceptors (Lipinski definition) is 1. The molecule has 1 amide bonds. The molecule has 0 heterocycles. The molecule has 1 aliphatic rings. The molecule has 0 aliphatic heterocycles. The quantitative estimate of drug-likeness (QED) is 0.611. The molecule has 2 N–H and O–H groups in total.